The Morgan fingerprint density at radius 3 is 2.55 bits per heavy atom. The van der Waals surface area contributed by atoms with E-state index in [1.165, 1.54) is 30.3 Å². The van der Waals surface area contributed by atoms with Crippen molar-refractivity contribution in [2.45, 2.75) is 6.54 Å². The van der Waals surface area contributed by atoms with Gasteiger partial charge in [0.2, 0.25) is 5.76 Å². The molecule has 31 heavy (non-hydrogen) atoms. The summed E-state index contributed by atoms with van der Waals surface area (Å²) in [6.45, 7) is 0.328. The van der Waals surface area contributed by atoms with E-state index in [-0.39, 0.29) is 11.6 Å². The predicted octanol–water partition coefficient (Wildman–Crippen LogP) is 5.37. The predicted molar refractivity (Wildman–Crippen MR) is 113 cm³/mol. The standard InChI is InChI=1S/C23H16ClF2N3O2/c24-17-8-9-20(26)19(11-17)15-6-4-14(5-7-15)13-27-28-23(30)22-12-21(29-31-22)16-2-1-3-18(25)10-16/h1-12,27H,13H2,(H,28,30). The highest BCUT2D eigenvalue weighted by Crippen LogP contribution is 2.26. The van der Waals surface area contributed by atoms with Crippen LogP contribution in [0.1, 0.15) is 16.1 Å². The molecular formula is C23H16ClF2N3O2. The van der Waals surface area contributed by atoms with Crippen LogP contribution in [-0.2, 0) is 6.54 Å². The lowest BCUT2D eigenvalue weighted by Gasteiger charge is -2.08. The summed E-state index contributed by atoms with van der Waals surface area (Å²) in [7, 11) is 0. The maximum atomic E-state index is 14.0. The van der Waals surface area contributed by atoms with Crippen molar-refractivity contribution < 1.29 is 18.1 Å². The number of nitrogens with zero attached hydrogens (tertiary/aromatic N) is 1. The molecule has 3 aromatic carbocycles. The summed E-state index contributed by atoms with van der Waals surface area (Å²) in [5.74, 6) is -1.30. The average molecular weight is 440 g/mol. The van der Waals surface area contributed by atoms with Crippen LogP contribution < -0.4 is 10.9 Å². The fraction of sp³-hybridized carbons (Fsp3) is 0.0435. The molecule has 0 atom stereocenters. The van der Waals surface area contributed by atoms with Gasteiger partial charge in [-0.25, -0.2) is 14.2 Å². The number of benzene rings is 3. The molecule has 4 aromatic rings. The number of carbonyl (C=O) groups is 1. The van der Waals surface area contributed by atoms with Crippen molar-refractivity contribution in [3.8, 4) is 22.4 Å². The van der Waals surface area contributed by atoms with Crippen LogP contribution in [0.2, 0.25) is 5.02 Å². The summed E-state index contributed by atoms with van der Waals surface area (Å²) in [6.07, 6.45) is 0. The molecule has 1 heterocycles. The SMILES string of the molecule is O=C(NNCc1ccc(-c2cc(Cl)ccc2F)cc1)c1cc(-c2cccc(F)c2)no1. The molecule has 5 nitrogen and oxygen atoms in total. The van der Waals surface area contributed by atoms with E-state index in [0.717, 1.165) is 5.56 Å². The van der Waals surface area contributed by atoms with E-state index in [0.29, 0.717) is 34.0 Å². The monoisotopic (exact) mass is 439 g/mol. The number of hydrazine groups is 1. The van der Waals surface area contributed by atoms with Crippen LogP contribution in [0.25, 0.3) is 22.4 Å². The summed E-state index contributed by atoms with van der Waals surface area (Å²) in [6, 6.07) is 18.8. The van der Waals surface area contributed by atoms with Gasteiger partial charge in [-0.05, 0) is 41.5 Å². The van der Waals surface area contributed by atoms with Gasteiger partial charge in [-0.15, -0.1) is 0 Å². The number of halogens is 3. The third-order valence-electron chi connectivity index (χ3n) is 4.54. The van der Waals surface area contributed by atoms with Crippen molar-refractivity contribution in [2.24, 2.45) is 0 Å². The van der Waals surface area contributed by atoms with E-state index in [4.69, 9.17) is 16.1 Å². The molecule has 0 saturated heterocycles. The van der Waals surface area contributed by atoms with Gasteiger partial charge in [0.05, 0.1) is 0 Å². The first kappa shape index (κ1) is 20.7. The lowest BCUT2D eigenvalue weighted by molar-refractivity contribution is 0.0895. The van der Waals surface area contributed by atoms with Crippen LogP contribution >= 0.6 is 11.6 Å². The highest BCUT2D eigenvalue weighted by Gasteiger charge is 2.14. The summed E-state index contributed by atoms with van der Waals surface area (Å²) >= 11 is 5.94. The van der Waals surface area contributed by atoms with Crippen LogP contribution in [0.15, 0.2) is 77.3 Å². The number of hydrogen-bond acceptors (Lipinski definition) is 4. The van der Waals surface area contributed by atoms with Crippen LogP contribution in [0.3, 0.4) is 0 Å². The average Bonchev–Trinajstić information content (AvgIpc) is 3.26. The number of rotatable bonds is 6. The molecule has 0 aliphatic rings. The summed E-state index contributed by atoms with van der Waals surface area (Å²) in [4.78, 5) is 12.2. The first-order valence-electron chi connectivity index (χ1n) is 9.30. The molecular weight excluding hydrogens is 424 g/mol. The largest absolute Gasteiger partial charge is 0.350 e. The Hall–Kier alpha value is -3.55. The number of aromatic nitrogens is 1. The van der Waals surface area contributed by atoms with E-state index in [9.17, 15) is 13.6 Å². The fourth-order valence-corrected chi connectivity index (χ4v) is 3.15. The second-order valence-electron chi connectivity index (χ2n) is 6.72. The first-order chi connectivity index (χ1) is 15.0. The molecule has 0 fully saturated rings. The van der Waals surface area contributed by atoms with E-state index >= 15 is 0 Å². The van der Waals surface area contributed by atoms with Gasteiger partial charge in [-0.2, -0.15) is 0 Å². The van der Waals surface area contributed by atoms with Crippen molar-refractivity contribution in [1.29, 1.82) is 0 Å². The van der Waals surface area contributed by atoms with Crippen LogP contribution in [0, 0.1) is 11.6 Å². The van der Waals surface area contributed by atoms with Gasteiger partial charge in [0.1, 0.15) is 17.3 Å². The summed E-state index contributed by atoms with van der Waals surface area (Å²) < 4.78 is 32.4. The Kier molecular flexibility index (Phi) is 6.06. The van der Waals surface area contributed by atoms with Crippen molar-refractivity contribution in [2.75, 3.05) is 0 Å². The Labute approximate surface area is 181 Å². The van der Waals surface area contributed by atoms with E-state index in [2.05, 4.69) is 16.0 Å². The van der Waals surface area contributed by atoms with E-state index in [1.54, 1.807) is 30.3 Å². The van der Waals surface area contributed by atoms with Gasteiger partial charge >= 0.3 is 5.91 Å². The second-order valence-corrected chi connectivity index (χ2v) is 7.15. The fourth-order valence-electron chi connectivity index (χ4n) is 2.98. The molecule has 1 aromatic heterocycles. The smallest absolute Gasteiger partial charge is 0.303 e. The lowest BCUT2D eigenvalue weighted by Crippen LogP contribution is -2.36. The van der Waals surface area contributed by atoms with Gasteiger partial charge < -0.3 is 4.52 Å². The van der Waals surface area contributed by atoms with Gasteiger partial charge in [0.25, 0.3) is 0 Å². The molecule has 0 aliphatic carbocycles. The number of hydrogen-bond donors (Lipinski definition) is 2. The third-order valence-corrected chi connectivity index (χ3v) is 4.78. The maximum Gasteiger partial charge on any atom is 0.303 e. The van der Waals surface area contributed by atoms with Crippen LogP contribution in [-0.4, -0.2) is 11.1 Å². The molecule has 0 saturated carbocycles. The van der Waals surface area contributed by atoms with Crippen molar-refractivity contribution in [1.82, 2.24) is 16.0 Å². The second kappa shape index (κ2) is 9.07. The molecule has 0 spiro atoms. The topological polar surface area (TPSA) is 67.2 Å². The number of amides is 1. The lowest BCUT2D eigenvalue weighted by atomic mass is 10.0. The molecule has 0 bridgehead atoms. The molecule has 4 rings (SSSR count). The Bertz CT molecular complexity index is 1230. The molecule has 156 valence electrons. The van der Waals surface area contributed by atoms with E-state index < -0.39 is 11.7 Å². The van der Waals surface area contributed by atoms with Crippen molar-refractivity contribution in [3.63, 3.8) is 0 Å². The zero-order valence-electron chi connectivity index (χ0n) is 16.0. The van der Waals surface area contributed by atoms with Gasteiger partial charge in [-0.3, -0.25) is 10.2 Å². The normalized spacial score (nSPS) is 10.8. The van der Waals surface area contributed by atoms with Gasteiger partial charge in [0, 0.05) is 28.8 Å². The minimum Gasteiger partial charge on any atom is -0.350 e. The first-order valence-corrected chi connectivity index (χ1v) is 9.67. The zero-order valence-corrected chi connectivity index (χ0v) is 16.8. The number of nitrogens with one attached hydrogen (secondary N) is 2. The summed E-state index contributed by atoms with van der Waals surface area (Å²) in [5.41, 5.74) is 8.14. The molecule has 0 unspecified atom stereocenters. The van der Waals surface area contributed by atoms with E-state index in [1.807, 2.05) is 12.1 Å². The molecule has 2 N–H and O–H groups in total. The van der Waals surface area contributed by atoms with Gasteiger partial charge in [-0.1, -0.05) is 53.2 Å². The quantitative estimate of drug-likeness (QED) is 0.396. The Morgan fingerprint density at radius 2 is 1.77 bits per heavy atom. The van der Waals surface area contributed by atoms with Crippen LogP contribution in [0.4, 0.5) is 8.78 Å². The summed E-state index contributed by atoms with van der Waals surface area (Å²) in [5, 5.41) is 4.25. The van der Waals surface area contributed by atoms with Crippen LogP contribution in [0.5, 0.6) is 0 Å². The molecule has 0 radical (unpaired) electrons. The van der Waals surface area contributed by atoms with Gasteiger partial charge in [0.15, 0.2) is 0 Å². The van der Waals surface area contributed by atoms with Crippen molar-refractivity contribution >= 4 is 17.5 Å². The highest BCUT2D eigenvalue weighted by molar-refractivity contribution is 6.30. The Morgan fingerprint density at radius 1 is 0.968 bits per heavy atom. The van der Waals surface area contributed by atoms with Crippen molar-refractivity contribution in [3.05, 3.63) is 101 Å². The zero-order chi connectivity index (χ0) is 21.8. The third kappa shape index (κ3) is 4.96. The molecule has 1 amide bonds. The molecule has 0 aliphatic heterocycles. The maximum absolute atomic E-state index is 14.0. The minimum atomic E-state index is -0.521. The Balaban J connectivity index is 1.34. The highest BCUT2D eigenvalue weighted by atomic mass is 35.5. The number of carbonyl (C=O) groups excluding carboxylic acids is 1. The minimum absolute atomic E-state index is 0.0152. The molecule has 8 heteroatoms.